The smallest absolute Gasteiger partial charge is 0.316 e. The van der Waals surface area contributed by atoms with Gasteiger partial charge in [-0.2, -0.15) is 0 Å². The Labute approximate surface area is 107 Å². The van der Waals surface area contributed by atoms with Crippen molar-refractivity contribution in [1.29, 1.82) is 0 Å². The fourth-order valence-electron chi connectivity index (χ4n) is 2.02. The zero-order valence-corrected chi connectivity index (χ0v) is 11.0. The van der Waals surface area contributed by atoms with Gasteiger partial charge in [0.15, 0.2) is 0 Å². The van der Waals surface area contributed by atoms with Crippen molar-refractivity contribution < 1.29 is 9.59 Å². The second-order valence-electron chi connectivity index (χ2n) is 4.93. The van der Waals surface area contributed by atoms with Crippen molar-refractivity contribution >= 4 is 17.5 Å². The normalized spacial score (nSPS) is 16.7. The van der Waals surface area contributed by atoms with Gasteiger partial charge in [-0.3, -0.25) is 9.59 Å². The molecule has 0 saturated carbocycles. The van der Waals surface area contributed by atoms with E-state index >= 15 is 0 Å². The van der Waals surface area contributed by atoms with Gasteiger partial charge in [-0.1, -0.05) is 26.0 Å². The fraction of sp³-hybridized carbons (Fsp3) is 0.429. The van der Waals surface area contributed by atoms with E-state index in [0.29, 0.717) is 19.0 Å². The zero-order chi connectivity index (χ0) is 13.3. The molecule has 4 nitrogen and oxygen atoms in total. The summed E-state index contributed by atoms with van der Waals surface area (Å²) in [5.74, 6) is -0.417. The number of likely N-dealkylation sites (N-methyl/N-ethyl adjacent to an activating group) is 1. The van der Waals surface area contributed by atoms with Crippen LogP contribution in [0.3, 0.4) is 0 Å². The molecule has 4 heteroatoms. The standard InChI is InChI=1S/C14H18N2O2/c1-10(2)11-4-6-12(7-5-11)16-9-8-15(3)13(17)14(16)18/h4-7,10H,8-9H2,1-3H3. The molecule has 0 spiro atoms. The topological polar surface area (TPSA) is 40.6 Å². The van der Waals surface area contributed by atoms with Crippen molar-refractivity contribution in [3.8, 4) is 0 Å². The second kappa shape index (κ2) is 4.80. The van der Waals surface area contributed by atoms with E-state index in [1.807, 2.05) is 24.3 Å². The van der Waals surface area contributed by atoms with E-state index < -0.39 is 11.8 Å². The summed E-state index contributed by atoms with van der Waals surface area (Å²) in [4.78, 5) is 26.5. The number of hydrogen-bond acceptors (Lipinski definition) is 2. The van der Waals surface area contributed by atoms with Crippen molar-refractivity contribution in [3.63, 3.8) is 0 Å². The quantitative estimate of drug-likeness (QED) is 0.744. The van der Waals surface area contributed by atoms with Gasteiger partial charge in [0.1, 0.15) is 0 Å². The second-order valence-corrected chi connectivity index (χ2v) is 4.93. The lowest BCUT2D eigenvalue weighted by Crippen LogP contribution is -2.53. The summed E-state index contributed by atoms with van der Waals surface area (Å²) in [5.41, 5.74) is 2.03. The third-order valence-corrected chi connectivity index (χ3v) is 3.31. The average molecular weight is 246 g/mol. The highest BCUT2D eigenvalue weighted by molar-refractivity contribution is 6.40. The molecule has 2 amide bonds. The van der Waals surface area contributed by atoms with Crippen LogP contribution in [0.4, 0.5) is 5.69 Å². The van der Waals surface area contributed by atoms with E-state index in [1.54, 1.807) is 11.9 Å². The van der Waals surface area contributed by atoms with Gasteiger partial charge in [-0.25, -0.2) is 0 Å². The largest absolute Gasteiger partial charge is 0.336 e. The number of benzene rings is 1. The van der Waals surface area contributed by atoms with Crippen LogP contribution in [0, 0.1) is 0 Å². The molecule has 1 aliphatic rings. The van der Waals surface area contributed by atoms with Crippen LogP contribution in [-0.4, -0.2) is 36.9 Å². The van der Waals surface area contributed by atoms with E-state index in [1.165, 1.54) is 10.5 Å². The minimum atomic E-state index is -0.443. The predicted molar refractivity (Wildman–Crippen MR) is 70.5 cm³/mol. The van der Waals surface area contributed by atoms with Gasteiger partial charge in [0.2, 0.25) is 0 Å². The van der Waals surface area contributed by atoms with Gasteiger partial charge in [0, 0.05) is 25.8 Å². The van der Waals surface area contributed by atoms with Crippen LogP contribution in [0.2, 0.25) is 0 Å². The van der Waals surface area contributed by atoms with E-state index in [2.05, 4.69) is 13.8 Å². The first kappa shape index (κ1) is 12.6. The fourth-order valence-corrected chi connectivity index (χ4v) is 2.02. The Bertz CT molecular complexity index is 465. The van der Waals surface area contributed by atoms with Gasteiger partial charge in [-0.05, 0) is 23.6 Å². The molecule has 1 heterocycles. The van der Waals surface area contributed by atoms with Crippen molar-refractivity contribution in [3.05, 3.63) is 29.8 Å². The summed E-state index contributed by atoms with van der Waals surface area (Å²) in [5, 5.41) is 0. The van der Waals surface area contributed by atoms with Crippen molar-refractivity contribution in [2.75, 3.05) is 25.0 Å². The summed E-state index contributed by atoms with van der Waals surface area (Å²) < 4.78 is 0. The van der Waals surface area contributed by atoms with Gasteiger partial charge in [0.05, 0.1) is 0 Å². The van der Waals surface area contributed by atoms with E-state index in [0.717, 1.165) is 5.69 Å². The molecule has 18 heavy (non-hydrogen) atoms. The molecule has 0 aliphatic carbocycles. The van der Waals surface area contributed by atoms with Crippen LogP contribution in [-0.2, 0) is 9.59 Å². The molecule has 0 bridgehead atoms. The highest BCUT2D eigenvalue weighted by Gasteiger charge is 2.31. The minimum Gasteiger partial charge on any atom is -0.336 e. The average Bonchev–Trinajstić information content (AvgIpc) is 2.36. The number of rotatable bonds is 2. The van der Waals surface area contributed by atoms with Crippen molar-refractivity contribution in [2.45, 2.75) is 19.8 Å². The number of nitrogens with zero attached hydrogens (tertiary/aromatic N) is 2. The molecular weight excluding hydrogens is 228 g/mol. The van der Waals surface area contributed by atoms with Gasteiger partial charge < -0.3 is 9.80 Å². The Balaban J connectivity index is 2.21. The maximum atomic E-state index is 11.9. The third kappa shape index (κ3) is 2.23. The Morgan fingerprint density at radius 3 is 2.17 bits per heavy atom. The molecule has 1 saturated heterocycles. The summed E-state index contributed by atoms with van der Waals surface area (Å²) in [6, 6.07) is 7.84. The molecule has 0 aromatic heterocycles. The number of carbonyl (C=O) groups excluding carboxylic acids is 2. The molecular formula is C14H18N2O2. The lowest BCUT2D eigenvalue weighted by atomic mass is 10.0. The number of piperazine rings is 1. The van der Waals surface area contributed by atoms with Crippen LogP contribution in [0.25, 0.3) is 0 Å². The molecule has 1 fully saturated rings. The molecule has 96 valence electrons. The van der Waals surface area contributed by atoms with Crippen LogP contribution in [0.1, 0.15) is 25.3 Å². The number of hydrogen-bond donors (Lipinski definition) is 0. The Morgan fingerprint density at radius 1 is 1.00 bits per heavy atom. The first-order valence-corrected chi connectivity index (χ1v) is 6.17. The summed E-state index contributed by atoms with van der Waals surface area (Å²) >= 11 is 0. The highest BCUT2D eigenvalue weighted by atomic mass is 16.2. The zero-order valence-electron chi connectivity index (χ0n) is 11.0. The van der Waals surface area contributed by atoms with Gasteiger partial charge in [-0.15, -0.1) is 0 Å². The molecule has 0 atom stereocenters. The Morgan fingerprint density at radius 2 is 1.61 bits per heavy atom. The minimum absolute atomic E-state index is 0.436. The van der Waals surface area contributed by atoms with Crippen LogP contribution < -0.4 is 4.90 Å². The molecule has 1 aliphatic heterocycles. The first-order valence-electron chi connectivity index (χ1n) is 6.17. The maximum Gasteiger partial charge on any atom is 0.316 e. The first-order chi connectivity index (χ1) is 8.50. The van der Waals surface area contributed by atoms with E-state index in [4.69, 9.17) is 0 Å². The molecule has 1 aromatic carbocycles. The molecule has 0 unspecified atom stereocenters. The maximum absolute atomic E-state index is 11.9. The lowest BCUT2D eigenvalue weighted by molar-refractivity contribution is -0.145. The summed E-state index contributed by atoms with van der Waals surface area (Å²) in [7, 11) is 1.65. The van der Waals surface area contributed by atoms with E-state index in [9.17, 15) is 9.59 Å². The van der Waals surface area contributed by atoms with E-state index in [-0.39, 0.29) is 0 Å². The molecule has 1 aromatic rings. The van der Waals surface area contributed by atoms with Gasteiger partial charge in [0.25, 0.3) is 0 Å². The van der Waals surface area contributed by atoms with Gasteiger partial charge >= 0.3 is 11.8 Å². The predicted octanol–water partition coefficient (Wildman–Crippen LogP) is 1.61. The number of anilines is 1. The Kier molecular flexibility index (Phi) is 3.36. The molecule has 0 N–H and O–H groups in total. The van der Waals surface area contributed by atoms with Crippen LogP contribution in [0.5, 0.6) is 0 Å². The van der Waals surface area contributed by atoms with Crippen molar-refractivity contribution in [1.82, 2.24) is 4.90 Å². The molecule has 2 rings (SSSR count). The third-order valence-electron chi connectivity index (χ3n) is 3.31. The Hall–Kier alpha value is -1.84. The van der Waals surface area contributed by atoms with Crippen molar-refractivity contribution in [2.24, 2.45) is 0 Å². The lowest BCUT2D eigenvalue weighted by Gasteiger charge is -2.31. The number of amides is 2. The number of carbonyl (C=O) groups is 2. The summed E-state index contributed by atoms with van der Waals surface area (Å²) in [6.07, 6.45) is 0. The van der Waals surface area contributed by atoms with Crippen LogP contribution in [0.15, 0.2) is 24.3 Å². The highest BCUT2D eigenvalue weighted by Crippen LogP contribution is 2.21. The SMILES string of the molecule is CC(C)c1ccc(N2CCN(C)C(=O)C2=O)cc1. The summed E-state index contributed by atoms with van der Waals surface area (Å²) in [6.45, 7) is 5.39. The molecule has 0 radical (unpaired) electrons. The van der Waals surface area contributed by atoms with Crippen LogP contribution >= 0.6 is 0 Å². The monoisotopic (exact) mass is 246 g/mol.